The molecule has 3 rings (SSSR count). The second-order valence-electron chi connectivity index (χ2n) is 6.09. The van der Waals surface area contributed by atoms with Crippen LogP contribution in [0.5, 0.6) is 11.5 Å². The third-order valence-corrected chi connectivity index (χ3v) is 5.30. The highest BCUT2D eigenvalue weighted by atomic mass is 35.5. The van der Waals surface area contributed by atoms with E-state index in [-0.39, 0.29) is 0 Å². The molecule has 128 valence electrons. The molecule has 5 nitrogen and oxygen atoms in total. The summed E-state index contributed by atoms with van der Waals surface area (Å²) in [5.41, 5.74) is 0.759. The lowest BCUT2D eigenvalue weighted by Crippen LogP contribution is -2.48. The summed E-state index contributed by atoms with van der Waals surface area (Å²) < 4.78 is 11.6. The number of halogens is 2. The number of benzene rings is 1. The maximum atomic E-state index is 10.4. The van der Waals surface area contributed by atoms with Crippen LogP contribution in [-0.2, 0) is 0 Å². The second kappa shape index (κ2) is 7.45. The van der Waals surface area contributed by atoms with Crippen molar-refractivity contribution >= 4 is 23.2 Å². The minimum atomic E-state index is -0.646. The Morgan fingerprint density at radius 1 is 1.39 bits per heavy atom. The van der Waals surface area contributed by atoms with Crippen molar-refractivity contribution in [2.24, 2.45) is 0 Å². The Balaban J connectivity index is 1.60. The molecular weight excluding hydrogens is 339 g/mol. The number of hydrogen-bond donors (Lipinski definition) is 3. The van der Waals surface area contributed by atoms with Gasteiger partial charge in [0.2, 0.25) is 0 Å². The van der Waals surface area contributed by atoms with Crippen LogP contribution in [0.2, 0.25) is 10.0 Å². The maximum absolute atomic E-state index is 10.4. The molecule has 1 saturated heterocycles. The standard InChI is InChI=1S/C16H22Cl2N2O3/c1-9-15(18)11(17)6-13-16(9)22-8-14(23-13)12(21)7-20-10-2-4-19-5-3-10/h6,10,12,14,19-21H,2-5,7-8H2,1H3. The lowest BCUT2D eigenvalue weighted by Gasteiger charge is -2.32. The molecule has 0 saturated carbocycles. The minimum Gasteiger partial charge on any atom is -0.485 e. The van der Waals surface area contributed by atoms with Crippen molar-refractivity contribution in [2.45, 2.75) is 38.0 Å². The van der Waals surface area contributed by atoms with Crippen LogP contribution in [0.15, 0.2) is 6.07 Å². The van der Waals surface area contributed by atoms with Gasteiger partial charge in [-0.25, -0.2) is 0 Å². The van der Waals surface area contributed by atoms with Crippen LogP contribution in [0.1, 0.15) is 18.4 Å². The summed E-state index contributed by atoms with van der Waals surface area (Å²) in [6.45, 7) is 4.65. The van der Waals surface area contributed by atoms with E-state index in [2.05, 4.69) is 10.6 Å². The summed E-state index contributed by atoms with van der Waals surface area (Å²) in [6.07, 6.45) is 1.08. The van der Waals surface area contributed by atoms with Gasteiger partial charge in [0.25, 0.3) is 0 Å². The second-order valence-corrected chi connectivity index (χ2v) is 6.88. The molecule has 0 bridgehead atoms. The van der Waals surface area contributed by atoms with Crippen molar-refractivity contribution in [1.29, 1.82) is 0 Å². The monoisotopic (exact) mass is 360 g/mol. The van der Waals surface area contributed by atoms with Gasteiger partial charge in [-0.3, -0.25) is 0 Å². The van der Waals surface area contributed by atoms with Gasteiger partial charge >= 0.3 is 0 Å². The molecule has 1 fully saturated rings. The zero-order valence-corrected chi connectivity index (χ0v) is 14.6. The van der Waals surface area contributed by atoms with Gasteiger partial charge < -0.3 is 25.2 Å². The Bertz CT molecular complexity index is 565. The fraction of sp³-hybridized carbons (Fsp3) is 0.625. The molecule has 0 aromatic heterocycles. The summed E-state index contributed by atoms with van der Waals surface area (Å²) in [4.78, 5) is 0. The zero-order chi connectivity index (χ0) is 16.4. The molecule has 1 aromatic carbocycles. The molecule has 3 N–H and O–H groups in total. The molecule has 2 atom stereocenters. The molecule has 0 spiro atoms. The van der Waals surface area contributed by atoms with Crippen molar-refractivity contribution in [2.75, 3.05) is 26.2 Å². The third kappa shape index (κ3) is 3.86. The zero-order valence-electron chi connectivity index (χ0n) is 13.1. The summed E-state index contributed by atoms with van der Waals surface area (Å²) in [5.74, 6) is 1.14. The van der Waals surface area contributed by atoms with Crippen molar-refractivity contribution in [3.05, 3.63) is 21.7 Å². The van der Waals surface area contributed by atoms with Gasteiger partial charge in [-0.1, -0.05) is 23.2 Å². The first-order valence-corrected chi connectivity index (χ1v) is 8.72. The van der Waals surface area contributed by atoms with E-state index in [9.17, 15) is 5.11 Å². The number of aliphatic hydroxyl groups is 1. The summed E-state index contributed by atoms with van der Waals surface area (Å²) >= 11 is 12.2. The first kappa shape index (κ1) is 17.1. The van der Waals surface area contributed by atoms with E-state index in [4.69, 9.17) is 32.7 Å². The van der Waals surface area contributed by atoms with Crippen LogP contribution in [0.25, 0.3) is 0 Å². The molecule has 1 aromatic rings. The SMILES string of the molecule is Cc1c(Cl)c(Cl)cc2c1OCC(C(O)CNC1CCNCC1)O2. The van der Waals surface area contributed by atoms with Crippen LogP contribution < -0.4 is 20.1 Å². The normalized spacial score (nSPS) is 22.9. The van der Waals surface area contributed by atoms with E-state index in [0.29, 0.717) is 40.7 Å². The minimum absolute atomic E-state index is 0.293. The smallest absolute Gasteiger partial charge is 0.165 e. The topological polar surface area (TPSA) is 62.8 Å². The van der Waals surface area contributed by atoms with Crippen molar-refractivity contribution in [3.63, 3.8) is 0 Å². The van der Waals surface area contributed by atoms with Gasteiger partial charge in [0.1, 0.15) is 12.7 Å². The fourth-order valence-electron chi connectivity index (χ4n) is 2.97. The van der Waals surface area contributed by atoms with Crippen molar-refractivity contribution < 1.29 is 14.6 Å². The molecule has 23 heavy (non-hydrogen) atoms. The predicted molar refractivity (Wildman–Crippen MR) is 91.0 cm³/mol. The number of hydrogen-bond acceptors (Lipinski definition) is 5. The number of aliphatic hydroxyl groups excluding tert-OH is 1. The highest BCUT2D eigenvalue weighted by Crippen LogP contribution is 2.42. The van der Waals surface area contributed by atoms with E-state index in [1.807, 2.05) is 6.92 Å². The molecule has 0 aliphatic carbocycles. The molecule has 0 radical (unpaired) electrons. The number of rotatable bonds is 4. The van der Waals surface area contributed by atoms with E-state index in [1.165, 1.54) is 0 Å². The molecule has 2 aliphatic heterocycles. The summed E-state index contributed by atoms with van der Waals surface area (Å²) in [6, 6.07) is 2.09. The van der Waals surface area contributed by atoms with Crippen molar-refractivity contribution in [1.82, 2.24) is 10.6 Å². The van der Waals surface area contributed by atoms with Crippen LogP contribution >= 0.6 is 23.2 Å². The maximum Gasteiger partial charge on any atom is 0.165 e. The highest BCUT2D eigenvalue weighted by molar-refractivity contribution is 6.42. The average molecular weight is 361 g/mol. The first-order chi connectivity index (χ1) is 11.1. The van der Waals surface area contributed by atoms with E-state index >= 15 is 0 Å². The fourth-order valence-corrected chi connectivity index (χ4v) is 3.35. The van der Waals surface area contributed by atoms with E-state index in [1.54, 1.807) is 6.07 Å². The Morgan fingerprint density at radius 3 is 2.87 bits per heavy atom. The largest absolute Gasteiger partial charge is 0.485 e. The van der Waals surface area contributed by atoms with Crippen LogP contribution in [0.4, 0.5) is 0 Å². The van der Waals surface area contributed by atoms with Gasteiger partial charge in [0, 0.05) is 24.2 Å². The van der Waals surface area contributed by atoms with Gasteiger partial charge in [0.15, 0.2) is 17.6 Å². The quantitative estimate of drug-likeness (QED) is 0.767. The Labute approximate surface area is 146 Å². The molecule has 7 heteroatoms. The Hall–Kier alpha value is -0.720. The number of fused-ring (bicyclic) bond motifs is 1. The molecule has 2 heterocycles. The molecule has 2 aliphatic rings. The Kier molecular flexibility index (Phi) is 5.54. The molecule has 0 amide bonds. The van der Waals surface area contributed by atoms with Gasteiger partial charge in [-0.15, -0.1) is 0 Å². The number of nitrogens with one attached hydrogen (secondary N) is 2. The lowest BCUT2D eigenvalue weighted by atomic mass is 10.1. The van der Waals surface area contributed by atoms with Gasteiger partial charge in [-0.2, -0.15) is 0 Å². The van der Waals surface area contributed by atoms with E-state index in [0.717, 1.165) is 31.5 Å². The molecule has 2 unspecified atom stereocenters. The predicted octanol–water partition coefficient (Wildman–Crippen LogP) is 2.14. The third-order valence-electron chi connectivity index (χ3n) is 4.42. The number of piperidine rings is 1. The molecular formula is C16H22Cl2N2O3. The van der Waals surface area contributed by atoms with Crippen molar-refractivity contribution in [3.8, 4) is 11.5 Å². The summed E-state index contributed by atoms with van der Waals surface area (Å²) in [5, 5.41) is 18.0. The van der Waals surface area contributed by atoms with Crippen LogP contribution in [0.3, 0.4) is 0 Å². The van der Waals surface area contributed by atoms with E-state index < -0.39 is 12.2 Å². The van der Waals surface area contributed by atoms with Crippen LogP contribution in [-0.4, -0.2) is 49.6 Å². The lowest BCUT2D eigenvalue weighted by molar-refractivity contribution is -0.0108. The van der Waals surface area contributed by atoms with Gasteiger partial charge in [-0.05, 0) is 32.9 Å². The highest BCUT2D eigenvalue weighted by Gasteiger charge is 2.30. The first-order valence-electron chi connectivity index (χ1n) is 7.96. The summed E-state index contributed by atoms with van der Waals surface area (Å²) in [7, 11) is 0. The Morgan fingerprint density at radius 2 is 2.13 bits per heavy atom. The number of ether oxygens (including phenoxy) is 2. The van der Waals surface area contributed by atoms with Crippen LogP contribution in [0, 0.1) is 6.92 Å². The average Bonchev–Trinajstić information content (AvgIpc) is 2.58. The van der Waals surface area contributed by atoms with Gasteiger partial charge in [0.05, 0.1) is 10.0 Å².